The summed E-state index contributed by atoms with van der Waals surface area (Å²) in [7, 11) is 0. The minimum absolute atomic E-state index is 0.112. The van der Waals surface area contributed by atoms with Gasteiger partial charge < -0.3 is 4.74 Å². The van der Waals surface area contributed by atoms with Crippen LogP contribution in [-0.4, -0.2) is 24.5 Å². The van der Waals surface area contributed by atoms with Gasteiger partial charge in [0.05, 0.1) is 6.61 Å². The van der Waals surface area contributed by atoms with E-state index in [2.05, 4.69) is 11.3 Å². The number of carbonyl (C=O) groups excluding carboxylic acids is 2. The van der Waals surface area contributed by atoms with E-state index >= 15 is 0 Å². The second-order valence-corrected chi connectivity index (χ2v) is 4.26. The molecule has 1 aromatic carbocycles. The molecule has 0 radical (unpaired) electrons. The Kier molecular flexibility index (Phi) is 5.69. The van der Waals surface area contributed by atoms with Crippen LogP contribution >= 0.6 is 0 Å². The van der Waals surface area contributed by atoms with Gasteiger partial charge in [-0.2, -0.15) is 13.2 Å². The van der Waals surface area contributed by atoms with E-state index in [0.717, 1.165) is 6.08 Å². The Morgan fingerprint density at radius 2 is 1.86 bits per heavy atom. The minimum Gasteiger partial charge on any atom is -0.465 e. The van der Waals surface area contributed by atoms with Gasteiger partial charge in [0.2, 0.25) is 0 Å². The van der Waals surface area contributed by atoms with Crippen molar-refractivity contribution in [1.82, 2.24) is 0 Å². The Bertz CT molecular complexity index is 509. The molecule has 0 fully saturated rings. The van der Waals surface area contributed by atoms with Gasteiger partial charge in [-0.15, -0.1) is 6.58 Å². The SMILES string of the molecule is C=CC(c1ccccc1)C(C(=O)OCC)C(=O)C(F)(F)F. The molecule has 0 amide bonds. The summed E-state index contributed by atoms with van der Waals surface area (Å²) in [6, 6.07) is 7.94. The summed E-state index contributed by atoms with van der Waals surface area (Å²) < 4.78 is 42.8. The first-order chi connectivity index (χ1) is 9.82. The van der Waals surface area contributed by atoms with Crippen LogP contribution in [0, 0.1) is 5.92 Å². The Morgan fingerprint density at radius 1 is 1.29 bits per heavy atom. The molecule has 0 aliphatic heterocycles. The first kappa shape index (κ1) is 16.9. The fourth-order valence-corrected chi connectivity index (χ4v) is 1.96. The highest BCUT2D eigenvalue weighted by Crippen LogP contribution is 2.33. The highest BCUT2D eigenvalue weighted by molar-refractivity contribution is 6.03. The zero-order valence-electron chi connectivity index (χ0n) is 11.4. The van der Waals surface area contributed by atoms with Crippen LogP contribution in [0.15, 0.2) is 43.0 Å². The smallest absolute Gasteiger partial charge is 0.450 e. The van der Waals surface area contributed by atoms with Gasteiger partial charge in [0.15, 0.2) is 0 Å². The summed E-state index contributed by atoms with van der Waals surface area (Å²) in [5.41, 5.74) is 0.392. The van der Waals surface area contributed by atoms with E-state index in [1.54, 1.807) is 18.2 Å². The molecule has 114 valence electrons. The molecule has 21 heavy (non-hydrogen) atoms. The summed E-state index contributed by atoms with van der Waals surface area (Å²) in [4.78, 5) is 23.4. The molecule has 0 saturated heterocycles. The summed E-state index contributed by atoms with van der Waals surface area (Å²) in [5, 5.41) is 0. The molecule has 2 atom stereocenters. The lowest BCUT2D eigenvalue weighted by molar-refractivity contribution is -0.181. The van der Waals surface area contributed by atoms with Crippen LogP contribution in [0.4, 0.5) is 13.2 Å². The largest absolute Gasteiger partial charge is 0.465 e. The number of rotatable bonds is 6. The van der Waals surface area contributed by atoms with Crippen LogP contribution in [-0.2, 0) is 14.3 Å². The lowest BCUT2D eigenvalue weighted by Gasteiger charge is -2.23. The number of Topliss-reactive ketones (excluding diaryl/α,β-unsaturated/α-hetero) is 1. The molecule has 0 N–H and O–H groups in total. The Labute approximate surface area is 120 Å². The average Bonchev–Trinajstić information content (AvgIpc) is 2.44. The molecule has 0 saturated carbocycles. The number of ether oxygens (including phenoxy) is 1. The van der Waals surface area contributed by atoms with Gasteiger partial charge >= 0.3 is 12.1 Å². The van der Waals surface area contributed by atoms with Crippen LogP contribution in [0.3, 0.4) is 0 Å². The highest BCUT2D eigenvalue weighted by Gasteiger charge is 2.49. The quantitative estimate of drug-likeness (QED) is 0.460. The van der Waals surface area contributed by atoms with Crippen LogP contribution in [0.2, 0.25) is 0 Å². The molecule has 0 aromatic heterocycles. The Morgan fingerprint density at radius 3 is 2.29 bits per heavy atom. The molecule has 0 aliphatic rings. The number of esters is 1. The molecule has 0 bridgehead atoms. The van der Waals surface area contributed by atoms with Crippen LogP contribution in [0.1, 0.15) is 18.4 Å². The van der Waals surface area contributed by atoms with E-state index < -0.39 is 29.8 Å². The third-order valence-electron chi connectivity index (χ3n) is 2.90. The number of halogens is 3. The molecule has 6 heteroatoms. The van der Waals surface area contributed by atoms with Crippen molar-refractivity contribution < 1.29 is 27.5 Å². The van der Waals surface area contributed by atoms with Gasteiger partial charge in [0.1, 0.15) is 5.92 Å². The van der Waals surface area contributed by atoms with Gasteiger partial charge in [0.25, 0.3) is 5.78 Å². The fraction of sp³-hybridized carbons (Fsp3) is 0.333. The minimum atomic E-state index is -5.12. The summed E-state index contributed by atoms with van der Waals surface area (Å²) in [6.45, 7) is 4.78. The molecule has 0 heterocycles. The number of alkyl halides is 3. The number of hydrogen-bond donors (Lipinski definition) is 0. The maximum absolute atomic E-state index is 12.7. The lowest BCUT2D eigenvalue weighted by Crippen LogP contribution is -2.39. The summed E-state index contributed by atoms with van der Waals surface area (Å²) in [6.07, 6.45) is -3.96. The zero-order valence-corrected chi connectivity index (χ0v) is 11.4. The number of allylic oxidation sites excluding steroid dienone is 1. The van der Waals surface area contributed by atoms with Crippen molar-refractivity contribution in [1.29, 1.82) is 0 Å². The van der Waals surface area contributed by atoms with Crippen molar-refractivity contribution in [3.05, 3.63) is 48.6 Å². The molecular weight excluding hydrogens is 285 g/mol. The van der Waals surface area contributed by atoms with Crippen molar-refractivity contribution in [3.63, 3.8) is 0 Å². The van der Waals surface area contributed by atoms with E-state index in [1.165, 1.54) is 19.1 Å². The monoisotopic (exact) mass is 300 g/mol. The topological polar surface area (TPSA) is 43.4 Å². The third-order valence-corrected chi connectivity index (χ3v) is 2.90. The van der Waals surface area contributed by atoms with Gasteiger partial charge in [-0.25, -0.2) is 0 Å². The van der Waals surface area contributed by atoms with E-state index in [9.17, 15) is 22.8 Å². The van der Waals surface area contributed by atoms with Gasteiger partial charge in [-0.1, -0.05) is 36.4 Å². The van der Waals surface area contributed by atoms with Crippen LogP contribution in [0.5, 0.6) is 0 Å². The maximum Gasteiger partial charge on any atom is 0.450 e. The third kappa shape index (κ3) is 4.18. The fourth-order valence-electron chi connectivity index (χ4n) is 1.96. The van der Waals surface area contributed by atoms with Crippen molar-refractivity contribution in [2.45, 2.75) is 19.0 Å². The standard InChI is InChI=1S/C15H15F3O3/c1-3-11(10-8-6-5-7-9-10)12(14(20)21-4-2)13(19)15(16,17)18/h3,5-9,11-12H,1,4H2,2H3. The predicted molar refractivity (Wildman–Crippen MR) is 70.6 cm³/mol. The normalized spacial score (nSPS) is 14.1. The predicted octanol–water partition coefficient (Wildman–Crippen LogP) is 3.27. The Balaban J connectivity index is 3.24. The van der Waals surface area contributed by atoms with Gasteiger partial charge in [0, 0.05) is 5.92 Å². The molecule has 0 aliphatic carbocycles. The van der Waals surface area contributed by atoms with E-state index in [-0.39, 0.29) is 6.61 Å². The van der Waals surface area contributed by atoms with Crippen LogP contribution in [0.25, 0.3) is 0 Å². The van der Waals surface area contributed by atoms with Crippen molar-refractivity contribution in [2.75, 3.05) is 6.61 Å². The molecule has 1 aromatic rings. The average molecular weight is 300 g/mol. The summed E-state index contributed by atoms with van der Waals surface area (Å²) in [5.74, 6) is -6.41. The molecule has 1 rings (SSSR count). The maximum atomic E-state index is 12.7. The van der Waals surface area contributed by atoms with E-state index in [1.807, 2.05) is 0 Å². The lowest BCUT2D eigenvalue weighted by atomic mass is 9.83. The summed E-state index contributed by atoms with van der Waals surface area (Å²) >= 11 is 0. The van der Waals surface area contributed by atoms with E-state index in [4.69, 9.17) is 0 Å². The Hall–Kier alpha value is -2.11. The first-order valence-electron chi connectivity index (χ1n) is 6.28. The number of hydrogen-bond acceptors (Lipinski definition) is 3. The van der Waals surface area contributed by atoms with Crippen molar-refractivity contribution in [2.24, 2.45) is 5.92 Å². The van der Waals surface area contributed by atoms with Crippen molar-refractivity contribution >= 4 is 11.8 Å². The molecule has 0 spiro atoms. The second-order valence-electron chi connectivity index (χ2n) is 4.26. The van der Waals surface area contributed by atoms with Gasteiger partial charge in [-0.3, -0.25) is 9.59 Å². The number of benzene rings is 1. The zero-order chi connectivity index (χ0) is 16.0. The van der Waals surface area contributed by atoms with E-state index in [0.29, 0.717) is 5.56 Å². The molecule has 3 nitrogen and oxygen atoms in total. The highest BCUT2D eigenvalue weighted by atomic mass is 19.4. The van der Waals surface area contributed by atoms with Gasteiger partial charge in [-0.05, 0) is 12.5 Å². The van der Waals surface area contributed by atoms with Crippen molar-refractivity contribution in [3.8, 4) is 0 Å². The first-order valence-corrected chi connectivity index (χ1v) is 6.28. The number of ketones is 1. The molecular formula is C15H15F3O3. The number of carbonyl (C=O) groups is 2. The van der Waals surface area contributed by atoms with Crippen LogP contribution < -0.4 is 0 Å². The second kappa shape index (κ2) is 7.06. The molecule has 2 unspecified atom stereocenters.